The SMILES string of the molecule is CCCCCC/C=C\C/C=C\CCCCCCCCCC(=O)OC(COCCCCCCCCCCCCCC)COP(=O)(O)OC1C(O)C(O)C(O)C(O)C1O. The molecule has 12 nitrogen and oxygen atoms in total. The molecule has 336 valence electrons. The van der Waals surface area contributed by atoms with Crippen LogP contribution in [0, 0.1) is 0 Å². The lowest BCUT2D eigenvalue weighted by Gasteiger charge is -2.41. The van der Waals surface area contributed by atoms with E-state index in [-0.39, 0.29) is 13.0 Å². The van der Waals surface area contributed by atoms with Crippen molar-refractivity contribution in [3.63, 3.8) is 0 Å². The summed E-state index contributed by atoms with van der Waals surface area (Å²) in [4.78, 5) is 23.1. The standard InChI is InChI=1S/C44H83O12P/c1-3-5-7-9-11-13-15-17-18-19-20-21-22-23-25-27-29-31-33-38(45)55-37(35-53-34-32-30-28-26-24-16-14-12-10-8-6-4-2)36-54-57(51,52)56-44-42(49)40(47)39(46)41(48)43(44)50/h13,15,18-19,37,39-44,46-50H,3-12,14,16-17,20-36H2,1-2H3,(H,51,52)/b15-13-,19-18-. The van der Waals surface area contributed by atoms with E-state index in [1.165, 1.54) is 103 Å². The van der Waals surface area contributed by atoms with Gasteiger partial charge in [0, 0.05) is 13.0 Å². The van der Waals surface area contributed by atoms with Gasteiger partial charge in [-0.05, 0) is 44.9 Å². The van der Waals surface area contributed by atoms with Gasteiger partial charge in [-0.3, -0.25) is 13.8 Å². The van der Waals surface area contributed by atoms with Crippen molar-refractivity contribution in [3.8, 4) is 0 Å². The predicted octanol–water partition coefficient (Wildman–Crippen LogP) is 8.92. The minimum absolute atomic E-state index is 0.0763. The maximum Gasteiger partial charge on any atom is 0.472 e. The van der Waals surface area contributed by atoms with Crippen molar-refractivity contribution in [3.05, 3.63) is 24.3 Å². The number of aliphatic hydroxyl groups is 5. The lowest BCUT2D eigenvalue weighted by molar-refractivity contribution is -0.220. The van der Waals surface area contributed by atoms with E-state index in [0.29, 0.717) is 13.0 Å². The van der Waals surface area contributed by atoms with Gasteiger partial charge < -0.3 is 39.9 Å². The van der Waals surface area contributed by atoms with Crippen molar-refractivity contribution >= 4 is 13.8 Å². The number of carbonyl (C=O) groups is 1. The number of phosphoric ester groups is 1. The fourth-order valence-electron chi connectivity index (χ4n) is 6.91. The molecule has 0 radical (unpaired) electrons. The Labute approximate surface area is 345 Å². The molecule has 0 aromatic heterocycles. The van der Waals surface area contributed by atoms with Crippen molar-refractivity contribution in [2.24, 2.45) is 0 Å². The first-order valence-electron chi connectivity index (χ1n) is 22.7. The van der Waals surface area contributed by atoms with Crippen LogP contribution in [-0.2, 0) is 27.9 Å². The summed E-state index contributed by atoms with van der Waals surface area (Å²) in [7, 11) is -5.01. The van der Waals surface area contributed by atoms with Crippen LogP contribution >= 0.6 is 7.82 Å². The van der Waals surface area contributed by atoms with E-state index in [0.717, 1.165) is 57.8 Å². The van der Waals surface area contributed by atoms with E-state index in [1.54, 1.807) is 0 Å². The largest absolute Gasteiger partial charge is 0.472 e. The highest BCUT2D eigenvalue weighted by Crippen LogP contribution is 2.47. The van der Waals surface area contributed by atoms with E-state index in [2.05, 4.69) is 38.2 Å². The van der Waals surface area contributed by atoms with Crippen molar-refractivity contribution in [1.29, 1.82) is 0 Å². The Kier molecular flexibility index (Phi) is 33.6. The first kappa shape index (κ1) is 53.8. The topological polar surface area (TPSA) is 192 Å². The van der Waals surface area contributed by atoms with Gasteiger partial charge in [0.25, 0.3) is 0 Å². The Balaban J connectivity index is 2.40. The average Bonchev–Trinajstić information content (AvgIpc) is 3.19. The lowest BCUT2D eigenvalue weighted by atomic mass is 9.85. The number of unbranched alkanes of at least 4 members (excludes halogenated alkanes) is 22. The van der Waals surface area contributed by atoms with Crippen LogP contribution in [0.15, 0.2) is 24.3 Å². The van der Waals surface area contributed by atoms with Gasteiger partial charge in [-0.2, -0.15) is 0 Å². The number of allylic oxidation sites excluding steroid dienone is 4. The quantitative estimate of drug-likeness (QED) is 0.0150. The number of carbonyl (C=O) groups excluding carboxylic acids is 1. The number of rotatable bonds is 38. The van der Waals surface area contributed by atoms with E-state index >= 15 is 0 Å². The van der Waals surface area contributed by atoms with Gasteiger partial charge in [0.15, 0.2) is 0 Å². The molecule has 0 spiro atoms. The van der Waals surface area contributed by atoms with Gasteiger partial charge in [0.2, 0.25) is 0 Å². The third kappa shape index (κ3) is 28.1. The van der Waals surface area contributed by atoms with Crippen molar-refractivity contribution < 1.29 is 58.3 Å². The molecule has 6 N–H and O–H groups in total. The van der Waals surface area contributed by atoms with Crippen LogP contribution in [0.25, 0.3) is 0 Å². The molecule has 57 heavy (non-hydrogen) atoms. The average molecular weight is 835 g/mol. The summed E-state index contributed by atoms with van der Waals surface area (Å²) in [5.74, 6) is -0.484. The summed E-state index contributed by atoms with van der Waals surface area (Å²) in [6.07, 6.45) is 26.7. The molecule has 0 aromatic carbocycles. The van der Waals surface area contributed by atoms with Crippen LogP contribution < -0.4 is 0 Å². The predicted molar refractivity (Wildman–Crippen MR) is 226 cm³/mol. The fourth-order valence-corrected chi connectivity index (χ4v) is 7.89. The number of hydrogen-bond acceptors (Lipinski definition) is 11. The molecule has 13 heteroatoms. The minimum Gasteiger partial charge on any atom is -0.457 e. The molecule has 1 saturated carbocycles. The van der Waals surface area contributed by atoms with E-state index in [1.807, 2.05) is 0 Å². The van der Waals surface area contributed by atoms with Gasteiger partial charge in [-0.15, -0.1) is 0 Å². The van der Waals surface area contributed by atoms with Gasteiger partial charge in [0.1, 0.15) is 42.7 Å². The molecular weight excluding hydrogens is 751 g/mol. The minimum atomic E-state index is -5.01. The zero-order valence-electron chi connectivity index (χ0n) is 35.6. The second kappa shape index (κ2) is 35.6. The van der Waals surface area contributed by atoms with Crippen molar-refractivity contribution in [2.75, 3.05) is 19.8 Å². The number of hydrogen-bond donors (Lipinski definition) is 6. The Bertz CT molecular complexity index is 1040. The lowest BCUT2D eigenvalue weighted by Crippen LogP contribution is -2.64. The van der Waals surface area contributed by atoms with E-state index < -0.39 is 63.1 Å². The van der Waals surface area contributed by atoms with Crippen LogP contribution in [0.2, 0.25) is 0 Å². The Hall–Kier alpha value is -1.18. The van der Waals surface area contributed by atoms with Crippen LogP contribution in [0.5, 0.6) is 0 Å². The maximum atomic E-state index is 12.8. The summed E-state index contributed by atoms with van der Waals surface area (Å²) in [6, 6.07) is 0. The second-order valence-corrected chi connectivity index (χ2v) is 17.3. The summed E-state index contributed by atoms with van der Waals surface area (Å²) >= 11 is 0. The van der Waals surface area contributed by atoms with Gasteiger partial charge in [-0.1, -0.05) is 160 Å². The smallest absolute Gasteiger partial charge is 0.457 e. The highest BCUT2D eigenvalue weighted by molar-refractivity contribution is 7.47. The first-order chi connectivity index (χ1) is 27.5. The molecule has 6 atom stereocenters. The summed E-state index contributed by atoms with van der Waals surface area (Å²) in [5, 5.41) is 50.1. The molecule has 0 aromatic rings. The summed E-state index contributed by atoms with van der Waals surface area (Å²) < 4.78 is 34.1. The molecule has 0 aliphatic heterocycles. The Morgan fingerprint density at radius 3 is 1.49 bits per heavy atom. The number of esters is 1. The molecule has 0 amide bonds. The van der Waals surface area contributed by atoms with Gasteiger partial charge >= 0.3 is 13.8 Å². The van der Waals surface area contributed by atoms with Crippen LogP contribution in [0.4, 0.5) is 0 Å². The molecule has 0 heterocycles. The summed E-state index contributed by atoms with van der Waals surface area (Å²) in [5.41, 5.74) is 0. The first-order valence-corrected chi connectivity index (χ1v) is 24.2. The fraction of sp³-hybridized carbons (Fsp3) is 0.886. The third-order valence-electron chi connectivity index (χ3n) is 10.6. The molecule has 1 rings (SSSR count). The van der Waals surface area contributed by atoms with Gasteiger partial charge in [-0.25, -0.2) is 4.57 Å². The normalized spacial score (nSPS) is 23.0. The number of aliphatic hydroxyl groups excluding tert-OH is 5. The number of phosphoric acid groups is 1. The molecule has 1 aliphatic carbocycles. The highest BCUT2D eigenvalue weighted by Gasteiger charge is 2.51. The Morgan fingerprint density at radius 2 is 0.982 bits per heavy atom. The molecule has 0 saturated heterocycles. The monoisotopic (exact) mass is 835 g/mol. The van der Waals surface area contributed by atoms with Crippen LogP contribution in [0.3, 0.4) is 0 Å². The second-order valence-electron chi connectivity index (χ2n) is 15.9. The zero-order chi connectivity index (χ0) is 42.0. The van der Waals surface area contributed by atoms with Crippen molar-refractivity contribution in [2.45, 2.75) is 230 Å². The Morgan fingerprint density at radius 1 is 0.561 bits per heavy atom. The molecule has 6 unspecified atom stereocenters. The zero-order valence-corrected chi connectivity index (χ0v) is 36.5. The molecular formula is C44H83O12P. The van der Waals surface area contributed by atoms with Gasteiger partial charge in [0.05, 0.1) is 13.2 Å². The molecule has 0 bridgehead atoms. The maximum absolute atomic E-state index is 12.8. The van der Waals surface area contributed by atoms with E-state index in [4.69, 9.17) is 18.5 Å². The molecule has 1 fully saturated rings. The molecule has 1 aliphatic rings. The summed E-state index contributed by atoms with van der Waals surface area (Å²) in [6.45, 7) is 4.24. The van der Waals surface area contributed by atoms with Crippen molar-refractivity contribution in [1.82, 2.24) is 0 Å². The van der Waals surface area contributed by atoms with E-state index in [9.17, 15) is 39.8 Å². The highest BCUT2D eigenvalue weighted by atomic mass is 31.2. The third-order valence-corrected chi connectivity index (χ3v) is 11.6. The van der Waals surface area contributed by atoms with Crippen LogP contribution in [-0.4, -0.2) is 98.9 Å². The number of ether oxygens (including phenoxy) is 2. The van der Waals surface area contributed by atoms with Crippen LogP contribution in [0.1, 0.15) is 187 Å².